The zero-order valence-electron chi connectivity index (χ0n) is 9.97. The van der Waals surface area contributed by atoms with Gasteiger partial charge in [-0.25, -0.2) is 4.98 Å². The molecule has 3 rings (SSSR count). The molecule has 98 valence electrons. The highest BCUT2D eigenvalue weighted by Gasteiger charge is 2.04. The molecule has 0 aliphatic heterocycles. The summed E-state index contributed by atoms with van der Waals surface area (Å²) in [6.45, 7) is 0. The largest absolute Gasteiger partial charge is 0.333 e. The topological polar surface area (TPSA) is 28.7 Å². The van der Waals surface area contributed by atoms with Crippen molar-refractivity contribution in [2.24, 2.45) is 0 Å². The number of nitrogens with one attached hydrogen (secondary N) is 1. The molecule has 0 saturated carbocycles. The summed E-state index contributed by atoms with van der Waals surface area (Å²) in [5.41, 5.74) is 3.20. The Morgan fingerprint density at radius 2 is 1.79 bits per heavy atom. The Hall–Kier alpha value is -1.16. The average molecular weight is 311 g/mol. The molecule has 1 N–H and O–H groups in total. The van der Waals surface area contributed by atoms with Crippen molar-refractivity contribution < 1.29 is 0 Å². The Bertz CT molecular complexity index is 649. The van der Waals surface area contributed by atoms with E-state index in [-0.39, 0.29) is 12.4 Å². The number of rotatable bonds is 3. The van der Waals surface area contributed by atoms with Crippen LogP contribution in [0.2, 0.25) is 5.02 Å². The van der Waals surface area contributed by atoms with Crippen LogP contribution in [0.5, 0.6) is 0 Å². The summed E-state index contributed by atoms with van der Waals surface area (Å²) in [5, 5.41) is 1.73. The Balaban J connectivity index is 0.00000133. The van der Waals surface area contributed by atoms with Gasteiger partial charge in [0.05, 0.1) is 11.0 Å². The average Bonchev–Trinajstić information content (AvgIpc) is 2.80. The number of imidazole rings is 1. The van der Waals surface area contributed by atoms with E-state index in [0.29, 0.717) is 0 Å². The molecule has 0 atom stereocenters. The lowest BCUT2D eigenvalue weighted by Gasteiger charge is -2.01. The first-order chi connectivity index (χ1) is 8.83. The normalized spacial score (nSPS) is 10.4. The molecule has 1 heterocycles. The number of hydrogen-bond donors (Lipinski definition) is 1. The zero-order valence-corrected chi connectivity index (χ0v) is 12.4. The number of fused-ring (bicyclic) bond motifs is 1. The molecule has 0 aliphatic rings. The summed E-state index contributed by atoms with van der Waals surface area (Å²) in [4.78, 5) is 7.82. The number of aromatic amines is 1. The second-order valence-electron chi connectivity index (χ2n) is 3.94. The third kappa shape index (κ3) is 3.24. The van der Waals surface area contributed by atoms with Gasteiger partial charge in [0, 0.05) is 10.8 Å². The number of halogens is 2. The smallest absolute Gasteiger partial charge is 0.166 e. The van der Waals surface area contributed by atoms with Gasteiger partial charge in [0.1, 0.15) is 0 Å². The van der Waals surface area contributed by atoms with Crippen molar-refractivity contribution in [1.82, 2.24) is 9.97 Å². The van der Waals surface area contributed by atoms with E-state index in [1.54, 1.807) is 11.8 Å². The van der Waals surface area contributed by atoms with Gasteiger partial charge in [0.2, 0.25) is 0 Å². The lowest BCUT2D eigenvalue weighted by Crippen LogP contribution is -1.82. The minimum absolute atomic E-state index is 0. The van der Waals surface area contributed by atoms with Crippen LogP contribution >= 0.6 is 35.8 Å². The zero-order chi connectivity index (χ0) is 12.4. The molecule has 2 nitrogen and oxygen atoms in total. The number of thioether (sulfide) groups is 1. The van der Waals surface area contributed by atoms with E-state index < -0.39 is 0 Å². The first-order valence-corrected chi connectivity index (χ1v) is 7.00. The summed E-state index contributed by atoms with van der Waals surface area (Å²) in [7, 11) is 0. The number of H-pyrrole nitrogens is 1. The van der Waals surface area contributed by atoms with E-state index in [2.05, 4.69) is 9.97 Å². The van der Waals surface area contributed by atoms with Crippen LogP contribution in [0.4, 0.5) is 0 Å². The first kappa shape index (κ1) is 14.3. The minimum Gasteiger partial charge on any atom is -0.333 e. The SMILES string of the molecule is Cl.Clc1ccccc1CSc1nc2ccccc2[nH]1. The van der Waals surface area contributed by atoms with Crippen molar-refractivity contribution >= 4 is 46.8 Å². The molecule has 0 amide bonds. The molecule has 0 radical (unpaired) electrons. The predicted molar refractivity (Wildman–Crippen MR) is 84.4 cm³/mol. The molecule has 0 fully saturated rings. The van der Waals surface area contributed by atoms with Gasteiger partial charge < -0.3 is 4.98 Å². The van der Waals surface area contributed by atoms with E-state index in [4.69, 9.17) is 11.6 Å². The van der Waals surface area contributed by atoms with Gasteiger partial charge in [0.15, 0.2) is 5.16 Å². The van der Waals surface area contributed by atoms with E-state index in [9.17, 15) is 0 Å². The maximum atomic E-state index is 6.13. The van der Waals surface area contributed by atoms with E-state index in [1.807, 2.05) is 48.5 Å². The highest BCUT2D eigenvalue weighted by Crippen LogP contribution is 2.26. The van der Waals surface area contributed by atoms with E-state index in [0.717, 1.165) is 32.5 Å². The Morgan fingerprint density at radius 1 is 1.05 bits per heavy atom. The molecule has 5 heteroatoms. The van der Waals surface area contributed by atoms with Crippen LogP contribution < -0.4 is 0 Å². The fourth-order valence-electron chi connectivity index (χ4n) is 1.76. The fraction of sp³-hybridized carbons (Fsp3) is 0.0714. The molecule has 1 aromatic heterocycles. The summed E-state index contributed by atoms with van der Waals surface area (Å²) in [5.74, 6) is 0.819. The van der Waals surface area contributed by atoms with Gasteiger partial charge in [-0.1, -0.05) is 53.7 Å². The first-order valence-electron chi connectivity index (χ1n) is 5.64. The van der Waals surface area contributed by atoms with Crippen LogP contribution in [0, 0.1) is 0 Å². The van der Waals surface area contributed by atoms with E-state index in [1.165, 1.54) is 0 Å². The molecular formula is C14H12Cl2N2S. The highest BCUT2D eigenvalue weighted by molar-refractivity contribution is 7.98. The monoisotopic (exact) mass is 310 g/mol. The summed E-state index contributed by atoms with van der Waals surface area (Å²) < 4.78 is 0. The van der Waals surface area contributed by atoms with Crippen molar-refractivity contribution in [3.05, 3.63) is 59.1 Å². The lowest BCUT2D eigenvalue weighted by molar-refractivity contribution is 1.08. The van der Waals surface area contributed by atoms with Gasteiger partial charge in [-0.3, -0.25) is 0 Å². The predicted octanol–water partition coefficient (Wildman–Crippen LogP) is 4.93. The van der Waals surface area contributed by atoms with Gasteiger partial charge in [-0.05, 0) is 23.8 Å². The molecular weight excluding hydrogens is 299 g/mol. The number of aromatic nitrogens is 2. The van der Waals surface area contributed by atoms with Crippen molar-refractivity contribution in [1.29, 1.82) is 0 Å². The highest BCUT2D eigenvalue weighted by atomic mass is 35.5. The van der Waals surface area contributed by atoms with Crippen LogP contribution in [0.3, 0.4) is 0 Å². The summed E-state index contributed by atoms with van der Waals surface area (Å²) in [6.07, 6.45) is 0. The van der Waals surface area contributed by atoms with Crippen molar-refractivity contribution in [3.8, 4) is 0 Å². The maximum absolute atomic E-state index is 6.13. The number of hydrogen-bond acceptors (Lipinski definition) is 2. The third-order valence-corrected chi connectivity index (χ3v) is 3.98. The van der Waals surface area contributed by atoms with E-state index >= 15 is 0 Å². The van der Waals surface area contributed by atoms with Gasteiger partial charge in [-0.2, -0.15) is 0 Å². The molecule has 0 bridgehead atoms. The van der Waals surface area contributed by atoms with Crippen molar-refractivity contribution in [2.75, 3.05) is 0 Å². The second kappa shape index (κ2) is 6.33. The molecule has 0 spiro atoms. The molecule has 2 aromatic carbocycles. The van der Waals surface area contributed by atoms with Crippen LogP contribution in [0.1, 0.15) is 5.56 Å². The number of para-hydroxylation sites is 2. The molecule has 0 unspecified atom stereocenters. The summed E-state index contributed by atoms with van der Waals surface area (Å²) >= 11 is 7.79. The van der Waals surface area contributed by atoms with Gasteiger partial charge in [0.25, 0.3) is 0 Å². The van der Waals surface area contributed by atoms with Crippen LogP contribution in [-0.4, -0.2) is 9.97 Å². The number of nitrogens with zero attached hydrogens (tertiary/aromatic N) is 1. The number of benzene rings is 2. The van der Waals surface area contributed by atoms with Gasteiger partial charge >= 0.3 is 0 Å². The molecule has 3 aromatic rings. The quantitative estimate of drug-likeness (QED) is 0.695. The van der Waals surface area contributed by atoms with Crippen LogP contribution in [0.25, 0.3) is 11.0 Å². The van der Waals surface area contributed by atoms with Crippen molar-refractivity contribution in [2.45, 2.75) is 10.9 Å². The molecule has 0 aliphatic carbocycles. The molecule has 0 saturated heterocycles. The molecule has 19 heavy (non-hydrogen) atoms. The van der Waals surface area contributed by atoms with Crippen LogP contribution in [0.15, 0.2) is 53.7 Å². The minimum atomic E-state index is 0. The lowest BCUT2D eigenvalue weighted by atomic mass is 10.2. The Morgan fingerprint density at radius 3 is 2.58 bits per heavy atom. The standard InChI is InChI=1S/C14H11ClN2S.ClH/c15-11-6-2-1-5-10(11)9-18-14-16-12-7-3-4-8-13(12)17-14;/h1-8H,9H2,(H,16,17);1H. The fourth-order valence-corrected chi connectivity index (χ4v) is 2.93. The van der Waals surface area contributed by atoms with Crippen molar-refractivity contribution in [3.63, 3.8) is 0 Å². The third-order valence-electron chi connectivity index (χ3n) is 2.69. The second-order valence-corrected chi connectivity index (χ2v) is 5.31. The maximum Gasteiger partial charge on any atom is 0.166 e. The summed E-state index contributed by atoms with van der Waals surface area (Å²) in [6, 6.07) is 15.9. The Labute approximate surface area is 127 Å². The Kier molecular flexibility index (Phi) is 4.75. The van der Waals surface area contributed by atoms with Crippen LogP contribution in [-0.2, 0) is 5.75 Å². The van der Waals surface area contributed by atoms with Gasteiger partial charge in [-0.15, -0.1) is 12.4 Å².